The number of aryl methyl sites for hydroxylation is 1. The number of carbonyl (C=O) groups is 1. The van der Waals surface area contributed by atoms with Gasteiger partial charge in [-0.05, 0) is 36.8 Å². The van der Waals surface area contributed by atoms with Gasteiger partial charge >= 0.3 is 0 Å². The van der Waals surface area contributed by atoms with Crippen molar-refractivity contribution < 1.29 is 4.79 Å². The van der Waals surface area contributed by atoms with Crippen molar-refractivity contribution >= 4 is 33.2 Å². The largest absolute Gasteiger partial charge is 0.307 e. The van der Waals surface area contributed by atoms with Crippen molar-refractivity contribution in [1.82, 2.24) is 0 Å². The Hall–Kier alpha value is -2.72. The summed E-state index contributed by atoms with van der Waals surface area (Å²) in [7, 11) is 0. The fourth-order valence-corrected chi connectivity index (χ4v) is 3.97. The van der Waals surface area contributed by atoms with Crippen LogP contribution in [0.5, 0.6) is 0 Å². The van der Waals surface area contributed by atoms with Crippen LogP contribution >= 0.6 is 15.9 Å². The molecule has 4 rings (SSSR count). The summed E-state index contributed by atoms with van der Waals surface area (Å²) in [6, 6.07) is 24.6. The zero-order valence-corrected chi connectivity index (χ0v) is 17.3. The summed E-state index contributed by atoms with van der Waals surface area (Å²) < 4.78 is 1.01. The second-order valence-corrected chi connectivity index (χ2v) is 7.89. The van der Waals surface area contributed by atoms with Gasteiger partial charge in [0.05, 0.1) is 17.9 Å². The molecule has 0 saturated heterocycles. The number of fused-ring (bicyclic) bond motifs is 1. The van der Waals surface area contributed by atoms with Crippen LogP contribution in [-0.4, -0.2) is 18.2 Å². The predicted octanol–water partition coefficient (Wildman–Crippen LogP) is 5.53. The molecule has 3 aromatic rings. The third-order valence-corrected chi connectivity index (χ3v) is 5.36. The van der Waals surface area contributed by atoms with E-state index < -0.39 is 0 Å². The van der Waals surface area contributed by atoms with E-state index >= 15 is 0 Å². The molecule has 0 atom stereocenters. The number of aliphatic imine (C=N–C) groups is 1. The van der Waals surface area contributed by atoms with Crippen molar-refractivity contribution in [3.8, 4) is 0 Å². The fourth-order valence-electron chi connectivity index (χ4n) is 3.53. The van der Waals surface area contributed by atoms with E-state index in [-0.39, 0.29) is 5.91 Å². The normalized spacial score (nSPS) is 14.1. The number of amides is 1. The Bertz CT molecular complexity index is 1040. The standard InChI is InChI=1S/C24H21BrN2O/c1-17-10-11-22-21(14-17)24(19-7-3-2-4-8-19)26-13-12-23(28)27(22)16-18-6-5-9-20(25)15-18/h2-11,14-15H,12-13,16H2,1H3. The first-order chi connectivity index (χ1) is 13.6. The van der Waals surface area contributed by atoms with Crippen molar-refractivity contribution in [2.45, 2.75) is 19.9 Å². The summed E-state index contributed by atoms with van der Waals surface area (Å²) in [6.07, 6.45) is 0.400. The van der Waals surface area contributed by atoms with Gasteiger partial charge in [0.2, 0.25) is 5.91 Å². The van der Waals surface area contributed by atoms with E-state index in [1.807, 2.05) is 41.3 Å². The smallest absolute Gasteiger partial charge is 0.229 e. The molecule has 1 heterocycles. The van der Waals surface area contributed by atoms with Crippen molar-refractivity contribution in [2.75, 3.05) is 11.4 Å². The van der Waals surface area contributed by atoms with E-state index in [0.29, 0.717) is 19.5 Å². The number of rotatable bonds is 3. The highest BCUT2D eigenvalue weighted by Gasteiger charge is 2.24. The summed E-state index contributed by atoms with van der Waals surface area (Å²) in [6.45, 7) is 3.10. The van der Waals surface area contributed by atoms with Crippen LogP contribution in [0, 0.1) is 6.92 Å². The lowest BCUT2D eigenvalue weighted by atomic mass is 9.96. The number of halogens is 1. The zero-order valence-electron chi connectivity index (χ0n) is 15.7. The Balaban J connectivity index is 1.83. The lowest BCUT2D eigenvalue weighted by molar-refractivity contribution is -0.118. The van der Waals surface area contributed by atoms with Gasteiger partial charge in [-0.2, -0.15) is 0 Å². The van der Waals surface area contributed by atoms with Crippen molar-refractivity contribution in [2.24, 2.45) is 4.99 Å². The van der Waals surface area contributed by atoms with Crippen LogP contribution in [-0.2, 0) is 11.3 Å². The summed E-state index contributed by atoms with van der Waals surface area (Å²) >= 11 is 3.53. The number of anilines is 1. The molecule has 1 amide bonds. The second kappa shape index (κ2) is 8.11. The average Bonchev–Trinajstić information content (AvgIpc) is 2.69. The molecule has 28 heavy (non-hydrogen) atoms. The molecular weight excluding hydrogens is 412 g/mol. The van der Waals surface area contributed by atoms with E-state index in [1.54, 1.807) is 0 Å². The molecule has 0 aliphatic carbocycles. The molecule has 0 spiro atoms. The molecular formula is C24H21BrN2O. The lowest BCUT2D eigenvalue weighted by Gasteiger charge is -2.28. The monoisotopic (exact) mass is 432 g/mol. The van der Waals surface area contributed by atoms with Gasteiger partial charge in [-0.15, -0.1) is 0 Å². The van der Waals surface area contributed by atoms with Gasteiger partial charge in [-0.25, -0.2) is 0 Å². The predicted molar refractivity (Wildman–Crippen MR) is 118 cm³/mol. The van der Waals surface area contributed by atoms with Crippen LogP contribution < -0.4 is 4.90 Å². The Labute approximate surface area is 173 Å². The fraction of sp³-hybridized carbons (Fsp3) is 0.167. The number of carbonyl (C=O) groups excluding carboxylic acids is 1. The molecule has 3 aromatic carbocycles. The maximum Gasteiger partial charge on any atom is 0.229 e. The van der Waals surface area contributed by atoms with Gasteiger partial charge < -0.3 is 4.90 Å². The maximum absolute atomic E-state index is 13.0. The zero-order chi connectivity index (χ0) is 19.5. The summed E-state index contributed by atoms with van der Waals surface area (Å²) in [5.74, 6) is 0.0981. The summed E-state index contributed by atoms with van der Waals surface area (Å²) in [4.78, 5) is 19.7. The number of nitrogens with zero attached hydrogens (tertiary/aromatic N) is 2. The summed E-state index contributed by atoms with van der Waals surface area (Å²) in [5.41, 5.74) is 6.19. The molecule has 1 aliphatic rings. The van der Waals surface area contributed by atoms with Gasteiger partial charge in [0.1, 0.15) is 0 Å². The first-order valence-corrected chi connectivity index (χ1v) is 10.2. The third kappa shape index (κ3) is 3.92. The van der Waals surface area contributed by atoms with Crippen LogP contribution in [0.3, 0.4) is 0 Å². The van der Waals surface area contributed by atoms with E-state index in [2.05, 4.69) is 59.3 Å². The van der Waals surface area contributed by atoms with Gasteiger partial charge in [0.25, 0.3) is 0 Å². The highest BCUT2D eigenvalue weighted by atomic mass is 79.9. The molecule has 0 aromatic heterocycles. The topological polar surface area (TPSA) is 32.7 Å². The highest BCUT2D eigenvalue weighted by molar-refractivity contribution is 9.10. The summed E-state index contributed by atoms with van der Waals surface area (Å²) in [5, 5.41) is 0. The molecule has 0 N–H and O–H groups in total. The van der Waals surface area contributed by atoms with Crippen LogP contribution in [0.15, 0.2) is 82.3 Å². The molecule has 0 unspecified atom stereocenters. The Morgan fingerprint density at radius 3 is 2.61 bits per heavy atom. The Morgan fingerprint density at radius 1 is 1.00 bits per heavy atom. The number of benzene rings is 3. The Morgan fingerprint density at radius 2 is 1.82 bits per heavy atom. The van der Waals surface area contributed by atoms with E-state index in [9.17, 15) is 4.79 Å². The minimum Gasteiger partial charge on any atom is -0.307 e. The van der Waals surface area contributed by atoms with Crippen LogP contribution in [0.25, 0.3) is 0 Å². The average molecular weight is 433 g/mol. The minimum absolute atomic E-state index is 0.0981. The molecule has 0 radical (unpaired) electrons. The lowest BCUT2D eigenvalue weighted by Crippen LogP contribution is -2.33. The van der Waals surface area contributed by atoms with Crippen LogP contribution in [0.4, 0.5) is 5.69 Å². The van der Waals surface area contributed by atoms with Gasteiger partial charge in [0.15, 0.2) is 0 Å². The third-order valence-electron chi connectivity index (χ3n) is 4.87. The molecule has 3 nitrogen and oxygen atoms in total. The minimum atomic E-state index is 0.0981. The van der Waals surface area contributed by atoms with Crippen LogP contribution in [0.2, 0.25) is 0 Å². The second-order valence-electron chi connectivity index (χ2n) is 6.98. The van der Waals surface area contributed by atoms with Crippen molar-refractivity contribution in [3.63, 3.8) is 0 Å². The van der Waals surface area contributed by atoms with Gasteiger partial charge in [-0.3, -0.25) is 9.79 Å². The van der Waals surface area contributed by atoms with E-state index in [1.165, 1.54) is 0 Å². The SMILES string of the molecule is Cc1ccc2c(c1)C(c1ccccc1)=NCCC(=O)N2Cc1cccc(Br)c1. The molecule has 1 aliphatic heterocycles. The Kier molecular flexibility index (Phi) is 5.40. The van der Waals surface area contributed by atoms with Crippen molar-refractivity contribution in [3.05, 3.63) is 99.5 Å². The number of hydrogen-bond donors (Lipinski definition) is 0. The van der Waals surface area contributed by atoms with E-state index in [4.69, 9.17) is 4.99 Å². The quantitative estimate of drug-likeness (QED) is 0.535. The molecule has 140 valence electrons. The molecule has 4 heteroatoms. The molecule has 0 bridgehead atoms. The maximum atomic E-state index is 13.0. The highest BCUT2D eigenvalue weighted by Crippen LogP contribution is 2.29. The first-order valence-electron chi connectivity index (χ1n) is 9.37. The van der Waals surface area contributed by atoms with Crippen molar-refractivity contribution in [1.29, 1.82) is 0 Å². The molecule has 0 saturated carbocycles. The van der Waals surface area contributed by atoms with Gasteiger partial charge in [0, 0.05) is 28.6 Å². The first kappa shape index (κ1) is 18.6. The van der Waals surface area contributed by atoms with Crippen LogP contribution in [0.1, 0.15) is 28.7 Å². The van der Waals surface area contributed by atoms with E-state index in [0.717, 1.165) is 38.1 Å². The molecule has 0 fully saturated rings. The number of hydrogen-bond acceptors (Lipinski definition) is 2. The van der Waals surface area contributed by atoms with Gasteiger partial charge in [-0.1, -0.05) is 70.0 Å².